The summed E-state index contributed by atoms with van der Waals surface area (Å²) in [6.07, 6.45) is 6.39. The molecule has 0 aliphatic carbocycles. The Labute approximate surface area is 203 Å². The molecule has 1 aromatic carbocycles. The van der Waals surface area contributed by atoms with Gasteiger partial charge in [-0.1, -0.05) is 12.7 Å². The van der Waals surface area contributed by atoms with E-state index in [1.165, 1.54) is 12.8 Å². The van der Waals surface area contributed by atoms with Gasteiger partial charge in [0.2, 0.25) is 6.41 Å². The fourth-order valence-electron chi connectivity index (χ4n) is 3.49. The van der Waals surface area contributed by atoms with Crippen molar-refractivity contribution in [3.05, 3.63) is 54.2 Å². The third-order valence-corrected chi connectivity index (χ3v) is 5.27. The molecule has 0 bridgehead atoms. The quantitative estimate of drug-likeness (QED) is 0.120. The minimum absolute atomic E-state index is 0.0449. The van der Waals surface area contributed by atoms with Gasteiger partial charge in [0.25, 0.3) is 5.91 Å². The minimum Gasteiger partial charge on any atom is -0.506 e. The average molecular weight is 470 g/mol. The Morgan fingerprint density at radius 3 is 2.47 bits per heavy atom. The second-order valence-corrected chi connectivity index (χ2v) is 8.13. The Morgan fingerprint density at radius 2 is 1.91 bits per heavy atom. The number of benzene rings is 1. The SMILES string of the molecule is C=C(/C=C(\C)C(=O)N(CCN1CCCC1)NC)C(C)=Nc1c(O)cc(C)cc1NC=O.C=CC. The number of hydrogen-bond donors (Lipinski definition) is 3. The molecule has 1 heterocycles. The summed E-state index contributed by atoms with van der Waals surface area (Å²) in [4.78, 5) is 30.5. The van der Waals surface area contributed by atoms with Crippen LogP contribution in [0.3, 0.4) is 0 Å². The van der Waals surface area contributed by atoms with Gasteiger partial charge < -0.3 is 15.3 Å². The molecule has 0 atom stereocenters. The van der Waals surface area contributed by atoms with Crippen molar-refractivity contribution in [3.8, 4) is 5.75 Å². The first-order valence-corrected chi connectivity index (χ1v) is 11.4. The number of carbonyl (C=O) groups is 2. The topological polar surface area (TPSA) is 97.3 Å². The van der Waals surface area contributed by atoms with Crippen LogP contribution in [0.2, 0.25) is 0 Å². The number of phenols is 1. The Bertz CT molecular complexity index is 931. The van der Waals surface area contributed by atoms with Crippen LogP contribution in [-0.4, -0.2) is 66.3 Å². The largest absolute Gasteiger partial charge is 0.506 e. The molecule has 0 spiro atoms. The van der Waals surface area contributed by atoms with E-state index < -0.39 is 0 Å². The van der Waals surface area contributed by atoms with Crippen LogP contribution in [0.15, 0.2) is 53.6 Å². The highest BCUT2D eigenvalue weighted by Crippen LogP contribution is 2.36. The van der Waals surface area contributed by atoms with Crippen molar-refractivity contribution in [1.82, 2.24) is 15.3 Å². The van der Waals surface area contributed by atoms with Gasteiger partial charge in [-0.15, -0.1) is 6.58 Å². The van der Waals surface area contributed by atoms with Gasteiger partial charge in [0, 0.05) is 24.9 Å². The van der Waals surface area contributed by atoms with Gasteiger partial charge in [0.05, 0.1) is 12.2 Å². The van der Waals surface area contributed by atoms with Crippen molar-refractivity contribution in [2.45, 2.75) is 40.5 Å². The predicted molar refractivity (Wildman–Crippen MR) is 141 cm³/mol. The minimum atomic E-state index is -0.128. The monoisotopic (exact) mass is 469 g/mol. The van der Waals surface area contributed by atoms with Crippen LogP contribution in [-0.2, 0) is 9.59 Å². The van der Waals surface area contributed by atoms with Crippen LogP contribution < -0.4 is 10.7 Å². The van der Waals surface area contributed by atoms with E-state index in [1.54, 1.807) is 50.2 Å². The number of allylic oxidation sites excluding steroid dienone is 3. The molecule has 8 nitrogen and oxygen atoms in total. The van der Waals surface area contributed by atoms with Gasteiger partial charge in [-0.3, -0.25) is 14.6 Å². The number of anilines is 1. The van der Waals surface area contributed by atoms with E-state index in [9.17, 15) is 14.7 Å². The average Bonchev–Trinajstić information content (AvgIpc) is 3.30. The first kappa shape index (κ1) is 28.8. The van der Waals surface area contributed by atoms with Crippen molar-refractivity contribution in [2.24, 2.45) is 4.99 Å². The highest BCUT2D eigenvalue weighted by Gasteiger charge is 2.18. The molecular weight excluding hydrogens is 430 g/mol. The lowest BCUT2D eigenvalue weighted by Gasteiger charge is -2.24. The highest BCUT2D eigenvalue weighted by molar-refractivity contribution is 6.05. The summed E-state index contributed by atoms with van der Waals surface area (Å²) >= 11 is 0. The molecule has 34 heavy (non-hydrogen) atoms. The molecule has 2 amide bonds. The number of aryl methyl sites for hydroxylation is 1. The van der Waals surface area contributed by atoms with E-state index >= 15 is 0 Å². The Morgan fingerprint density at radius 1 is 1.29 bits per heavy atom. The predicted octanol–water partition coefficient (Wildman–Crippen LogP) is 4.11. The van der Waals surface area contributed by atoms with Crippen LogP contribution in [0, 0.1) is 6.92 Å². The van der Waals surface area contributed by atoms with E-state index in [4.69, 9.17) is 0 Å². The molecule has 0 radical (unpaired) electrons. The Balaban J connectivity index is 0.00000182. The molecule has 1 aliphatic heterocycles. The van der Waals surface area contributed by atoms with Crippen LogP contribution >= 0.6 is 0 Å². The normalized spacial score (nSPS) is 14.1. The zero-order chi connectivity index (χ0) is 25.7. The summed E-state index contributed by atoms with van der Waals surface area (Å²) in [6.45, 7) is 18.1. The summed E-state index contributed by atoms with van der Waals surface area (Å²) < 4.78 is 0. The van der Waals surface area contributed by atoms with Gasteiger partial charge in [-0.05, 0) is 83.0 Å². The van der Waals surface area contributed by atoms with Crippen LogP contribution in [0.1, 0.15) is 39.2 Å². The molecule has 8 heteroatoms. The summed E-state index contributed by atoms with van der Waals surface area (Å²) in [5.74, 6) is -0.173. The van der Waals surface area contributed by atoms with Crippen LogP contribution in [0.4, 0.5) is 11.4 Å². The zero-order valence-electron chi connectivity index (χ0n) is 21.1. The first-order valence-electron chi connectivity index (χ1n) is 11.4. The third kappa shape index (κ3) is 8.96. The van der Waals surface area contributed by atoms with Crippen molar-refractivity contribution >= 4 is 29.4 Å². The van der Waals surface area contributed by atoms with Gasteiger partial charge >= 0.3 is 0 Å². The van der Waals surface area contributed by atoms with E-state index in [0.717, 1.165) is 25.2 Å². The summed E-state index contributed by atoms with van der Waals surface area (Å²) in [5.41, 5.74) is 5.99. The van der Waals surface area contributed by atoms with Gasteiger partial charge in [-0.25, -0.2) is 10.4 Å². The standard InChI is InChI=1S/C23H33N5O3.C3H6/c1-16-12-20(25-15-29)22(21(30)13-16)26-19(4)17(2)14-18(3)23(31)28(24-5)11-10-27-8-6-7-9-27;1-3-2/h12-15,24,30H,2,6-11H2,1,3-5H3,(H,25,29);3H,1H2,2H3/b18-14+,26-19?;. The number of aliphatic imine (C=N–C) groups is 1. The number of hydrazine groups is 1. The molecule has 0 unspecified atom stereocenters. The van der Waals surface area contributed by atoms with E-state index in [2.05, 4.69) is 33.8 Å². The molecular formula is C26H39N5O3. The number of hydrogen-bond acceptors (Lipinski definition) is 6. The summed E-state index contributed by atoms with van der Waals surface area (Å²) in [5, 5.41) is 14.4. The molecule has 1 fully saturated rings. The molecule has 0 aromatic heterocycles. The lowest BCUT2D eigenvalue weighted by atomic mass is 10.1. The molecule has 1 aromatic rings. The number of phenolic OH excluding ortho intramolecular Hbond substituents is 1. The number of aromatic hydroxyl groups is 1. The zero-order valence-corrected chi connectivity index (χ0v) is 21.1. The number of amides is 2. The maximum atomic E-state index is 12.8. The van der Waals surface area contributed by atoms with Gasteiger partial charge in [0.1, 0.15) is 11.4 Å². The molecule has 1 saturated heterocycles. The van der Waals surface area contributed by atoms with Crippen molar-refractivity contribution < 1.29 is 14.7 Å². The molecule has 0 saturated carbocycles. The number of likely N-dealkylation sites (tertiary alicyclic amines) is 1. The lowest BCUT2D eigenvalue weighted by molar-refractivity contribution is -0.130. The number of nitrogens with zero attached hydrogens (tertiary/aromatic N) is 3. The van der Waals surface area contributed by atoms with Gasteiger partial charge in [0.15, 0.2) is 0 Å². The van der Waals surface area contributed by atoms with Crippen LogP contribution in [0.5, 0.6) is 5.75 Å². The van der Waals surface area contributed by atoms with E-state index in [1.807, 2.05) is 13.8 Å². The fourth-order valence-corrected chi connectivity index (χ4v) is 3.49. The molecule has 3 N–H and O–H groups in total. The third-order valence-electron chi connectivity index (χ3n) is 5.27. The van der Waals surface area contributed by atoms with E-state index in [0.29, 0.717) is 35.5 Å². The number of rotatable bonds is 10. The lowest BCUT2D eigenvalue weighted by Crippen LogP contribution is -2.45. The number of carbonyl (C=O) groups excluding carboxylic acids is 2. The van der Waals surface area contributed by atoms with Crippen molar-refractivity contribution in [1.29, 1.82) is 0 Å². The summed E-state index contributed by atoms with van der Waals surface area (Å²) in [6, 6.07) is 3.29. The molecule has 2 rings (SSSR count). The fraction of sp³-hybridized carbons (Fsp3) is 0.423. The maximum Gasteiger partial charge on any atom is 0.263 e. The van der Waals surface area contributed by atoms with Crippen molar-refractivity contribution in [2.75, 3.05) is 38.5 Å². The molecule has 1 aliphatic rings. The van der Waals surface area contributed by atoms with Gasteiger partial charge in [-0.2, -0.15) is 0 Å². The van der Waals surface area contributed by atoms with E-state index in [-0.39, 0.29) is 17.3 Å². The van der Waals surface area contributed by atoms with Crippen LogP contribution in [0.25, 0.3) is 0 Å². The Hall–Kier alpha value is -3.23. The smallest absolute Gasteiger partial charge is 0.263 e. The maximum absolute atomic E-state index is 12.8. The summed E-state index contributed by atoms with van der Waals surface area (Å²) in [7, 11) is 1.73. The second-order valence-electron chi connectivity index (χ2n) is 8.13. The first-order chi connectivity index (χ1) is 16.2. The Kier molecular flexibility index (Phi) is 12.6. The highest BCUT2D eigenvalue weighted by atomic mass is 16.3. The molecule has 186 valence electrons. The second kappa shape index (κ2) is 14.8. The number of nitrogens with one attached hydrogen (secondary N) is 2. The van der Waals surface area contributed by atoms with Crippen molar-refractivity contribution in [3.63, 3.8) is 0 Å².